The summed E-state index contributed by atoms with van der Waals surface area (Å²) in [4.78, 5) is 0. The first-order valence-corrected chi connectivity index (χ1v) is 11.5. The second-order valence-electron chi connectivity index (χ2n) is 2.31. The summed E-state index contributed by atoms with van der Waals surface area (Å²) in [5.74, 6) is 0. The zero-order chi connectivity index (χ0) is 24.6. The van der Waals surface area contributed by atoms with E-state index < -0.39 is 64.3 Å². The van der Waals surface area contributed by atoms with Gasteiger partial charge < -0.3 is 21.4 Å². The molecule has 14 N–H and O–H groups in total. The average molecular weight is 632 g/mol. The Morgan fingerprint density at radius 1 is 0.562 bits per heavy atom. The van der Waals surface area contributed by atoms with Crippen molar-refractivity contribution in [2.75, 3.05) is 0 Å². The van der Waals surface area contributed by atoms with Crippen LogP contribution in [0.25, 0.3) is 0 Å². The van der Waals surface area contributed by atoms with Crippen LogP contribution >= 0.6 is 0 Å². The van der Waals surface area contributed by atoms with Gasteiger partial charge in [0.1, 0.15) is 0 Å². The van der Waals surface area contributed by atoms with Crippen LogP contribution in [0.3, 0.4) is 0 Å². The van der Waals surface area contributed by atoms with E-state index in [2.05, 4.69) is 8.67 Å². The maximum absolute atomic E-state index is 9.51. The Morgan fingerprint density at radius 3 is 0.656 bits per heavy atom. The largest absolute Gasteiger partial charge is 1.00 e. The molecule has 194 valence electrons. The van der Waals surface area contributed by atoms with Crippen LogP contribution in [-0.4, -0.2) is 87.6 Å². The molecule has 0 heterocycles. The first kappa shape index (κ1) is 59.0. The molecule has 0 unspecified atom stereocenters. The van der Waals surface area contributed by atoms with Gasteiger partial charge in [0.05, 0.1) is 0 Å². The zero-order valence-electron chi connectivity index (χ0n) is 15.2. The minimum atomic E-state index is -5.17. The maximum Gasteiger partial charge on any atom is 1.00 e. The fourth-order valence-electron chi connectivity index (χ4n) is 0.0702. The van der Waals surface area contributed by atoms with Crippen molar-refractivity contribution in [2.45, 2.75) is 0 Å². The van der Waals surface area contributed by atoms with Crippen molar-refractivity contribution >= 4 is 64.3 Å². The minimum absolute atomic E-state index is 0. The second kappa shape index (κ2) is 28.8. The molecule has 0 bridgehead atoms. The first-order chi connectivity index (χ1) is 11.7. The van der Waals surface area contributed by atoms with E-state index in [1.165, 1.54) is 0 Å². The predicted molar refractivity (Wildman–Crippen MR) is 86.8 cm³/mol. The molecule has 0 amide bonds. The van der Waals surface area contributed by atoms with Crippen molar-refractivity contribution in [3.63, 3.8) is 0 Å². The molecule has 32 heteroatoms. The fraction of sp³-hybridized carbons (Fsp3) is 0. The van der Waals surface area contributed by atoms with Gasteiger partial charge in [0, 0.05) is 10.4 Å². The summed E-state index contributed by atoms with van der Waals surface area (Å²) in [6.07, 6.45) is 0. The third-order valence-corrected chi connectivity index (χ3v) is 0.766. The van der Waals surface area contributed by atoms with E-state index in [-0.39, 0.29) is 71.4 Å². The van der Waals surface area contributed by atoms with Crippen molar-refractivity contribution in [2.24, 2.45) is 0 Å². The van der Waals surface area contributed by atoms with E-state index in [9.17, 15) is 16.8 Å². The Bertz CT molecular complexity index is 751. The van der Waals surface area contributed by atoms with E-state index in [0.29, 0.717) is 0 Å². The van der Waals surface area contributed by atoms with E-state index >= 15 is 0 Å². The topological polar surface area (TPSA) is 467 Å². The summed E-state index contributed by atoms with van der Waals surface area (Å²) in [6, 6.07) is 0. The van der Waals surface area contributed by atoms with Crippen LogP contribution in [-0.2, 0) is 73.0 Å². The van der Waals surface area contributed by atoms with Crippen molar-refractivity contribution in [1.82, 2.24) is 12.3 Å². The molecular formula is H14N2Na2O22S6. The van der Waals surface area contributed by atoms with E-state index in [1.54, 1.807) is 0 Å². The second-order valence-corrected chi connectivity index (χ2v) is 6.93. The number of hydrogen-bond donors (Lipinski definition) is 10. The summed E-state index contributed by atoms with van der Waals surface area (Å²) in [5, 5.41) is 0. The Balaban J connectivity index is -0.0000000302. The molecule has 0 radical (unpaired) electrons. The van der Waals surface area contributed by atoms with Gasteiger partial charge in [0.15, 0.2) is 0 Å². The van der Waals surface area contributed by atoms with Crippen LogP contribution in [0, 0.1) is 0 Å². The average Bonchev–Trinajstić information content (AvgIpc) is 2.17. The van der Waals surface area contributed by atoms with Crippen LogP contribution in [0.15, 0.2) is 0 Å². The smallest absolute Gasteiger partial charge is 0.759 e. The van der Waals surface area contributed by atoms with Crippen molar-refractivity contribution in [3.8, 4) is 0 Å². The van der Waals surface area contributed by atoms with Crippen LogP contribution < -0.4 is 71.4 Å². The molecule has 0 aromatic carbocycles. The molecule has 0 atom stereocenters. The predicted octanol–water partition coefficient (Wildman–Crippen LogP) is -9.76. The van der Waals surface area contributed by atoms with Gasteiger partial charge in [0.2, 0.25) is 0 Å². The molecule has 0 saturated heterocycles. The molecule has 0 saturated carbocycles. The normalized spacial score (nSPS) is 10.0. The number of rotatable bonds is 3. The van der Waals surface area contributed by atoms with E-state index in [1.807, 2.05) is 0 Å². The Morgan fingerprint density at radius 2 is 0.625 bits per heavy atom. The van der Waals surface area contributed by atoms with E-state index in [0.717, 1.165) is 0 Å². The van der Waals surface area contributed by atoms with Crippen molar-refractivity contribution in [3.05, 3.63) is 0 Å². The summed E-state index contributed by atoms with van der Waals surface area (Å²) < 4.78 is 170. The molecule has 0 rings (SSSR count). The summed E-state index contributed by atoms with van der Waals surface area (Å²) in [7, 11) is -19.9. The van der Waals surface area contributed by atoms with Gasteiger partial charge in [-0.15, -0.1) is 0 Å². The molecule has 0 fully saturated rings. The van der Waals surface area contributed by atoms with Crippen molar-refractivity contribution < 1.29 is 155 Å². The van der Waals surface area contributed by atoms with Gasteiger partial charge in [-0.2, -0.15) is 33.7 Å². The van der Waals surface area contributed by atoms with Crippen LogP contribution in [0.4, 0.5) is 0 Å². The standard InChI is InChI=1S/2H3N.2Na.H2O8S2.2H2O4S.2H2O3S/c;;;;1-9(2,3)7-8-10(4,5)6;2*1-5(2,3)4;2*1-4(2)3/h2*1H3;;;(H,1,2,3)(H,4,5,6);2*(H2,1,2,3,4);2*(H2,1,2,3)/q;;2*+1;;;;;/p-2. The van der Waals surface area contributed by atoms with Gasteiger partial charge in [-0.3, -0.25) is 44.8 Å². The third kappa shape index (κ3) is 403. The van der Waals surface area contributed by atoms with Crippen LogP contribution in [0.5, 0.6) is 0 Å². The zero-order valence-corrected chi connectivity index (χ0v) is 24.1. The molecule has 0 spiro atoms. The Labute approximate surface area is 229 Å². The fourth-order valence-corrected chi connectivity index (χ4v) is 0.632. The Kier molecular flexibility index (Phi) is 53.0. The third-order valence-electron chi connectivity index (χ3n) is 0.200. The molecule has 0 aliphatic carbocycles. The Hall–Kier alpha value is 1.54. The van der Waals surface area contributed by atoms with Gasteiger partial charge in [-0.05, 0) is 0 Å². The summed E-state index contributed by atoms with van der Waals surface area (Å²) >= 11 is -5.22. The molecule has 32 heavy (non-hydrogen) atoms. The van der Waals surface area contributed by atoms with E-state index in [4.69, 9.17) is 70.8 Å². The maximum atomic E-state index is 9.51. The van der Waals surface area contributed by atoms with Gasteiger partial charge >= 0.3 is 90.3 Å². The molecule has 0 aromatic rings. The van der Waals surface area contributed by atoms with Crippen LogP contribution in [0.2, 0.25) is 0 Å². The SMILES string of the molecule is N.N.O=S(=O)(O)O.O=S(=O)(O)OOS(=O)(=O)O.O=S(=O)([O-])[O-].O=S(O)O.O=S(O)O.[Na+].[Na+]. The summed E-state index contributed by atoms with van der Waals surface area (Å²) in [6.45, 7) is 0. The van der Waals surface area contributed by atoms with Gasteiger partial charge in [0.25, 0.3) is 22.7 Å². The molecule has 0 aliphatic rings. The molecule has 0 aliphatic heterocycles. The first-order valence-electron chi connectivity index (χ1n) is 3.96. The van der Waals surface area contributed by atoms with Gasteiger partial charge in [-0.25, -0.2) is 0 Å². The minimum Gasteiger partial charge on any atom is -0.759 e. The molecule has 24 nitrogen and oxygen atoms in total. The van der Waals surface area contributed by atoms with Crippen molar-refractivity contribution in [1.29, 1.82) is 0 Å². The van der Waals surface area contributed by atoms with Gasteiger partial charge in [-0.1, -0.05) is 8.67 Å². The summed E-state index contributed by atoms with van der Waals surface area (Å²) in [5.41, 5.74) is 0. The molecule has 0 aromatic heterocycles. The molecular weight excluding hydrogens is 618 g/mol. The number of hydrogen-bond acceptors (Lipinski definition) is 16. The quantitative estimate of drug-likeness (QED) is 0.0344. The monoisotopic (exact) mass is 632 g/mol. The van der Waals surface area contributed by atoms with Crippen LogP contribution in [0.1, 0.15) is 0 Å².